The monoisotopic (exact) mass is 474 g/mol. The number of carbonyl (C=O) groups excluding carboxylic acids is 2. The Kier molecular flexibility index (Phi) is 7.62. The van der Waals surface area contributed by atoms with Gasteiger partial charge in [0.1, 0.15) is 25.0 Å². The molecule has 1 unspecified atom stereocenters. The minimum atomic E-state index is -1.28. The molecule has 2 amide bonds. The fourth-order valence-corrected chi connectivity index (χ4v) is 4.15. The molecular weight excluding hydrogens is 448 g/mol. The highest BCUT2D eigenvalue weighted by Crippen LogP contribution is 2.44. The van der Waals surface area contributed by atoms with Crippen molar-refractivity contribution < 1.29 is 29.0 Å². The van der Waals surface area contributed by atoms with E-state index in [0.29, 0.717) is 5.75 Å². The topological polar surface area (TPSA) is 114 Å². The van der Waals surface area contributed by atoms with Crippen molar-refractivity contribution in [2.45, 2.75) is 18.4 Å². The molecule has 4 rings (SSSR count). The number of fused-ring (bicyclic) bond motifs is 3. The van der Waals surface area contributed by atoms with E-state index in [1.807, 2.05) is 66.7 Å². The van der Waals surface area contributed by atoms with E-state index in [4.69, 9.17) is 9.47 Å². The van der Waals surface area contributed by atoms with Gasteiger partial charge >= 0.3 is 12.1 Å². The summed E-state index contributed by atoms with van der Waals surface area (Å²) >= 11 is 0. The number of nitrogens with one attached hydrogen (secondary N) is 2. The average molecular weight is 475 g/mol. The molecule has 0 aromatic heterocycles. The molecule has 0 fully saturated rings. The lowest BCUT2D eigenvalue weighted by atomic mass is 9.98. The number of alkyl carbamates (subject to hydrolysis) is 1. The highest BCUT2D eigenvalue weighted by Gasteiger charge is 2.30. The van der Waals surface area contributed by atoms with Gasteiger partial charge in [0.15, 0.2) is 0 Å². The van der Waals surface area contributed by atoms with Crippen LogP contribution in [0.1, 0.15) is 23.5 Å². The first-order valence-electron chi connectivity index (χ1n) is 11.3. The Morgan fingerprint density at radius 2 is 1.46 bits per heavy atom. The lowest BCUT2D eigenvalue weighted by Gasteiger charge is -2.19. The number of carboxylic acids is 1. The van der Waals surface area contributed by atoms with Crippen molar-refractivity contribution >= 4 is 18.0 Å². The number of amides is 2. The summed E-state index contributed by atoms with van der Waals surface area (Å²) < 4.78 is 10.9. The van der Waals surface area contributed by atoms with E-state index in [9.17, 15) is 19.5 Å². The number of carboxylic acid groups (broad SMARTS) is 1. The first-order valence-corrected chi connectivity index (χ1v) is 11.3. The van der Waals surface area contributed by atoms with Gasteiger partial charge in [0.05, 0.1) is 13.0 Å². The van der Waals surface area contributed by atoms with Crippen LogP contribution in [0.4, 0.5) is 4.79 Å². The molecule has 0 saturated heterocycles. The minimum absolute atomic E-state index is 0.0617. The Balaban J connectivity index is 1.31. The molecule has 35 heavy (non-hydrogen) atoms. The van der Waals surface area contributed by atoms with Gasteiger partial charge in [-0.25, -0.2) is 4.79 Å². The quantitative estimate of drug-likeness (QED) is 0.387. The van der Waals surface area contributed by atoms with Crippen LogP contribution in [0.25, 0.3) is 11.1 Å². The fraction of sp³-hybridized carbons (Fsp3) is 0.222. The lowest BCUT2D eigenvalue weighted by molar-refractivity contribution is -0.139. The molecule has 180 valence electrons. The van der Waals surface area contributed by atoms with Crippen molar-refractivity contribution in [3.63, 3.8) is 0 Å². The van der Waals surface area contributed by atoms with Crippen molar-refractivity contribution in [3.05, 3.63) is 90.0 Å². The van der Waals surface area contributed by atoms with Crippen LogP contribution < -0.4 is 15.4 Å². The van der Waals surface area contributed by atoms with Gasteiger partial charge in [0, 0.05) is 5.92 Å². The normalized spacial score (nSPS) is 12.7. The molecule has 8 heteroatoms. The van der Waals surface area contributed by atoms with E-state index in [2.05, 4.69) is 10.6 Å². The Hall–Kier alpha value is -4.33. The molecule has 0 radical (unpaired) electrons. The number of carbonyl (C=O) groups is 3. The van der Waals surface area contributed by atoms with Crippen LogP contribution in [-0.4, -0.2) is 48.9 Å². The third-order valence-electron chi connectivity index (χ3n) is 5.74. The van der Waals surface area contributed by atoms with Gasteiger partial charge in [-0.15, -0.1) is 0 Å². The minimum Gasteiger partial charge on any atom is -0.492 e. The third kappa shape index (κ3) is 5.97. The zero-order chi connectivity index (χ0) is 24.6. The van der Waals surface area contributed by atoms with Gasteiger partial charge in [-0.2, -0.15) is 0 Å². The highest BCUT2D eigenvalue weighted by atomic mass is 16.5. The van der Waals surface area contributed by atoms with Crippen molar-refractivity contribution in [2.24, 2.45) is 0 Å². The fourth-order valence-electron chi connectivity index (χ4n) is 4.15. The number of hydrogen-bond donors (Lipinski definition) is 3. The van der Waals surface area contributed by atoms with Crippen LogP contribution in [0.5, 0.6) is 5.75 Å². The van der Waals surface area contributed by atoms with Crippen molar-refractivity contribution in [1.82, 2.24) is 10.6 Å². The summed E-state index contributed by atoms with van der Waals surface area (Å²) in [5.41, 5.74) is 4.30. The number of rotatable bonds is 10. The maximum absolute atomic E-state index is 12.5. The van der Waals surface area contributed by atoms with Crippen LogP contribution in [0, 0.1) is 0 Å². The van der Waals surface area contributed by atoms with Gasteiger partial charge in [-0.1, -0.05) is 66.7 Å². The zero-order valence-electron chi connectivity index (χ0n) is 19.0. The first kappa shape index (κ1) is 23.8. The molecule has 0 saturated carbocycles. The lowest BCUT2D eigenvalue weighted by Crippen LogP contribution is -2.48. The van der Waals surface area contributed by atoms with Crippen LogP contribution in [0.2, 0.25) is 0 Å². The molecule has 0 bridgehead atoms. The van der Waals surface area contributed by atoms with E-state index in [0.717, 1.165) is 22.3 Å². The maximum Gasteiger partial charge on any atom is 0.407 e. The second-order valence-corrected chi connectivity index (χ2v) is 8.07. The molecule has 1 atom stereocenters. The van der Waals surface area contributed by atoms with Crippen molar-refractivity contribution in [2.75, 3.05) is 19.8 Å². The summed E-state index contributed by atoms with van der Waals surface area (Å²) in [6.45, 7) is 0.406. The smallest absolute Gasteiger partial charge is 0.407 e. The van der Waals surface area contributed by atoms with Gasteiger partial charge in [-0.05, 0) is 34.4 Å². The summed E-state index contributed by atoms with van der Waals surface area (Å²) in [5.74, 6) is -1.34. The average Bonchev–Trinajstić information content (AvgIpc) is 3.19. The van der Waals surface area contributed by atoms with E-state index >= 15 is 0 Å². The number of benzene rings is 3. The second kappa shape index (κ2) is 11.2. The van der Waals surface area contributed by atoms with E-state index in [-0.39, 0.29) is 25.7 Å². The van der Waals surface area contributed by atoms with E-state index < -0.39 is 30.4 Å². The number of para-hydroxylation sites is 1. The Morgan fingerprint density at radius 1 is 0.857 bits per heavy atom. The molecule has 0 aliphatic heterocycles. The summed E-state index contributed by atoms with van der Waals surface area (Å²) in [6, 6.07) is 23.7. The number of hydrogen-bond acceptors (Lipinski definition) is 5. The van der Waals surface area contributed by atoms with Gasteiger partial charge in [-0.3, -0.25) is 9.59 Å². The summed E-state index contributed by atoms with van der Waals surface area (Å²) in [5, 5.41) is 14.2. The standard InChI is InChI=1S/C27H26N2O6/c30-25(31)16-24(26(32)28-14-15-34-18-8-2-1-3-9-18)29-27(33)35-17-23-21-12-6-4-10-19(21)20-11-5-7-13-22(20)23/h1-13,23-24H,14-17H2,(H,28,32)(H,29,33)(H,30,31). The molecule has 3 N–H and O–H groups in total. The molecule has 8 nitrogen and oxygen atoms in total. The zero-order valence-corrected chi connectivity index (χ0v) is 19.0. The predicted octanol–water partition coefficient (Wildman–Crippen LogP) is 3.56. The van der Waals surface area contributed by atoms with Gasteiger partial charge < -0.3 is 25.2 Å². The van der Waals surface area contributed by atoms with Crippen LogP contribution in [0.15, 0.2) is 78.9 Å². The summed E-state index contributed by atoms with van der Waals surface area (Å²) in [4.78, 5) is 36.3. The number of aliphatic carboxylic acids is 1. The molecular formula is C27H26N2O6. The third-order valence-corrected chi connectivity index (χ3v) is 5.74. The van der Waals surface area contributed by atoms with Crippen LogP contribution >= 0.6 is 0 Å². The Morgan fingerprint density at radius 3 is 2.09 bits per heavy atom. The molecule has 1 aliphatic carbocycles. The molecule has 3 aromatic carbocycles. The Bertz CT molecular complexity index is 1150. The highest BCUT2D eigenvalue weighted by molar-refractivity contribution is 5.89. The van der Waals surface area contributed by atoms with Gasteiger partial charge in [0.25, 0.3) is 0 Å². The summed E-state index contributed by atoms with van der Waals surface area (Å²) in [6.07, 6.45) is -1.43. The SMILES string of the molecule is O=C(O)CC(NC(=O)OCC1c2ccccc2-c2ccccc21)C(=O)NCCOc1ccccc1. The van der Waals surface area contributed by atoms with Crippen LogP contribution in [-0.2, 0) is 14.3 Å². The maximum atomic E-state index is 12.5. The molecule has 0 spiro atoms. The Labute approximate surface area is 202 Å². The molecule has 3 aromatic rings. The number of ether oxygens (including phenoxy) is 2. The molecule has 0 heterocycles. The van der Waals surface area contributed by atoms with Crippen molar-refractivity contribution in [1.29, 1.82) is 0 Å². The van der Waals surface area contributed by atoms with E-state index in [1.54, 1.807) is 12.1 Å². The van der Waals surface area contributed by atoms with Crippen molar-refractivity contribution in [3.8, 4) is 16.9 Å². The van der Waals surface area contributed by atoms with Crippen LogP contribution in [0.3, 0.4) is 0 Å². The van der Waals surface area contributed by atoms with E-state index in [1.165, 1.54) is 0 Å². The summed E-state index contributed by atoms with van der Waals surface area (Å²) in [7, 11) is 0. The largest absolute Gasteiger partial charge is 0.492 e. The predicted molar refractivity (Wildman–Crippen MR) is 129 cm³/mol. The van der Waals surface area contributed by atoms with Gasteiger partial charge in [0.2, 0.25) is 5.91 Å². The second-order valence-electron chi connectivity index (χ2n) is 8.07. The first-order chi connectivity index (χ1) is 17.0. The molecule has 1 aliphatic rings.